The van der Waals surface area contributed by atoms with Crippen LogP contribution in [0.3, 0.4) is 0 Å². The van der Waals surface area contributed by atoms with Crippen molar-refractivity contribution >= 4 is 47.4 Å². The number of likely N-dealkylation sites (tertiary alicyclic amines) is 1. The summed E-state index contributed by atoms with van der Waals surface area (Å²) in [6.45, 7) is 4.45. The van der Waals surface area contributed by atoms with E-state index in [0.29, 0.717) is 12.2 Å². The van der Waals surface area contributed by atoms with Gasteiger partial charge >= 0.3 is 6.18 Å². The van der Waals surface area contributed by atoms with Crippen molar-refractivity contribution in [1.82, 2.24) is 14.9 Å². The van der Waals surface area contributed by atoms with E-state index in [-0.39, 0.29) is 53.7 Å². The summed E-state index contributed by atoms with van der Waals surface area (Å²) in [5.41, 5.74) is 6.63. The highest BCUT2D eigenvalue weighted by molar-refractivity contribution is 5.94. The van der Waals surface area contributed by atoms with Crippen LogP contribution < -0.4 is 11.1 Å². The van der Waals surface area contributed by atoms with Crippen LogP contribution in [0.15, 0.2) is 18.2 Å². The van der Waals surface area contributed by atoms with Crippen LogP contribution in [0.1, 0.15) is 19.2 Å². The van der Waals surface area contributed by atoms with E-state index < -0.39 is 12.0 Å². The summed E-state index contributed by atoms with van der Waals surface area (Å²) in [5, 5.41) is 2.71. The van der Waals surface area contributed by atoms with Gasteiger partial charge in [-0.1, -0.05) is 6.92 Å². The van der Waals surface area contributed by atoms with Gasteiger partial charge < -0.3 is 16.0 Å². The predicted molar refractivity (Wildman–Crippen MR) is 102 cm³/mol. The molecule has 1 aromatic carbocycles. The fourth-order valence-electron chi connectivity index (χ4n) is 3.05. The van der Waals surface area contributed by atoms with E-state index in [1.165, 1.54) is 18.2 Å². The van der Waals surface area contributed by atoms with Crippen molar-refractivity contribution in [1.29, 1.82) is 0 Å². The highest BCUT2D eigenvalue weighted by Gasteiger charge is 2.35. The second kappa shape index (κ2) is 8.64. The fourth-order valence-corrected chi connectivity index (χ4v) is 3.05. The molecule has 0 bridgehead atoms. The maximum atomic E-state index is 12.7. The number of hydrogen-bond donors (Lipinski definition) is 3. The molecule has 3 rings (SSSR count). The summed E-state index contributed by atoms with van der Waals surface area (Å²) in [7, 11) is 0. The van der Waals surface area contributed by atoms with E-state index in [1.54, 1.807) is 0 Å². The SMILES string of the molecule is CC1(CN)CCN(CC(=O)Nc2ccc3nc(C(F)(F)F)[nH]c3c2)C1.Cl.Cl. The molecule has 1 saturated heterocycles. The first-order chi connectivity index (χ1) is 11.7. The van der Waals surface area contributed by atoms with Gasteiger partial charge in [0.15, 0.2) is 0 Å². The second-order valence-corrected chi connectivity index (χ2v) is 6.84. The van der Waals surface area contributed by atoms with Crippen LogP contribution in [-0.2, 0) is 11.0 Å². The van der Waals surface area contributed by atoms with Crippen LogP contribution in [0, 0.1) is 5.41 Å². The van der Waals surface area contributed by atoms with Gasteiger partial charge in [-0.05, 0) is 43.1 Å². The van der Waals surface area contributed by atoms with E-state index in [9.17, 15) is 18.0 Å². The number of imidazole rings is 1. The number of hydrogen-bond acceptors (Lipinski definition) is 4. The molecule has 0 spiro atoms. The first-order valence-electron chi connectivity index (χ1n) is 7.98. The monoisotopic (exact) mass is 427 g/mol. The van der Waals surface area contributed by atoms with Crippen LogP contribution in [0.4, 0.5) is 18.9 Å². The topological polar surface area (TPSA) is 87.0 Å². The summed E-state index contributed by atoms with van der Waals surface area (Å²) in [4.78, 5) is 19.9. The number of aromatic amines is 1. The van der Waals surface area contributed by atoms with Crippen LogP contribution in [-0.4, -0.2) is 47.0 Å². The lowest BCUT2D eigenvalue weighted by molar-refractivity contribution is -0.144. The van der Waals surface area contributed by atoms with Crippen LogP contribution in [0.2, 0.25) is 0 Å². The lowest BCUT2D eigenvalue weighted by Crippen LogP contribution is -2.35. The molecule has 4 N–H and O–H groups in total. The predicted octanol–water partition coefficient (Wildman–Crippen LogP) is 3.03. The van der Waals surface area contributed by atoms with Gasteiger partial charge in [0.25, 0.3) is 0 Å². The van der Waals surface area contributed by atoms with Gasteiger partial charge in [-0.3, -0.25) is 9.69 Å². The van der Waals surface area contributed by atoms with E-state index in [1.807, 2.05) is 4.90 Å². The number of carbonyl (C=O) groups is 1. The van der Waals surface area contributed by atoms with E-state index in [4.69, 9.17) is 5.73 Å². The van der Waals surface area contributed by atoms with Gasteiger partial charge in [0.05, 0.1) is 17.6 Å². The Morgan fingerprint density at radius 3 is 2.70 bits per heavy atom. The van der Waals surface area contributed by atoms with Crippen LogP contribution in [0.25, 0.3) is 11.0 Å². The first-order valence-corrected chi connectivity index (χ1v) is 7.98. The van der Waals surface area contributed by atoms with Gasteiger partial charge in [0.2, 0.25) is 11.7 Å². The molecule has 1 aliphatic heterocycles. The molecule has 0 saturated carbocycles. The molecule has 11 heteroatoms. The molecule has 1 unspecified atom stereocenters. The van der Waals surface area contributed by atoms with E-state index >= 15 is 0 Å². The Hall–Kier alpha value is -1.55. The third kappa shape index (κ3) is 5.47. The number of alkyl halides is 3. The highest BCUT2D eigenvalue weighted by Crippen LogP contribution is 2.30. The molecule has 1 aromatic heterocycles. The molecule has 1 fully saturated rings. The standard InChI is InChI=1S/C16H20F3N5O.2ClH/c1-15(8-20)4-5-24(9-15)7-13(25)21-10-2-3-11-12(6-10)23-14(22-11)16(17,18)19;;/h2-3,6H,4-5,7-9,20H2,1H3,(H,21,25)(H,22,23);2*1H. The summed E-state index contributed by atoms with van der Waals surface area (Å²) in [5.74, 6) is -1.26. The summed E-state index contributed by atoms with van der Waals surface area (Å²) in [6, 6.07) is 4.43. The molecule has 1 aliphatic rings. The molecular weight excluding hydrogens is 406 g/mol. The quantitative estimate of drug-likeness (QED) is 0.699. The number of rotatable bonds is 4. The zero-order valence-electron chi connectivity index (χ0n) is 14.6. The molecule has 152 valence electrons. The minimum absolute atomic E-state index is 0. The summed E-state index contributed by atoms with van der Waals surface area (Å²) in [6.07, 6.45) is -3.59. The van der Waals surface area contributed by atoms with Gasteiger partial charge in [-0.15, -0.1) is 24.8 Å². The molecule has 27 heavy (non-hydrogen) atoms. The van der Waals surface area contributed by atoms with Crippen molar-refractivity contribution in [3.05, 3.63) is 24.0 Å². The zero-order valence-corrected chi connectivity index (χ0v) is 16.2. The Labute approximate surface area is 166 Å². The number of aromatic nitrogens is 2. The lowest BCUT2D eigenvalue weighted by Gasteiger charge is -2.22. The lowest BCUT2D eigenvalue weighted by atomic mass is 9.90. The molecule has 1 atom stereocenters. The average molecular weight is 428 g/mol. The smallest absolute Gasteiger partial charge is 0.334 e. The molecule has 0 radical (unpaired) electrons. The number of amides is 1. The molecule has 2 aromatic rings. The molecule has 1 amide bonds. The van der Waals surface area contributed by atoms with Gasteiger partial charge in [-0.25, -0.2) is 4.98 Å². The first kappa shape index (κ1) is 23.5. The molecule has 0 aliphatic carbocycles. The number of carbonyl (C=O) groups excluding carboxylic acids is 1. The van der Waals surface area contributed by atoms with E-state index in [0.717, 1.165) is 19.5 Å². The molecular formula is C16H22Cl2F3N5O. The third-order valence-electron chi connectivity index (χ3n) is 4.53. The van der Waals surface area contributed by atoms with Crippen molar-refractivity contribution in [3.63, 3.8) is 0 Å². The van der Waals surface area contributed by atoms with Crippen molar-refractivity contribution in [3.8, 4) is 0 Å². The Morgan fingerprint density at radius 2 is 2.11 bits per heavy atom. The molecule has 2 heterocycles. The number of benzene rings is 1. The minimum atomic E-state index is -4.53. The van der Waals surface area contributed by atoms with Gasteiger partial charge in [-0.2, -0.15) is 13.2 Å². The van der Waals surface area contributed by atoms with Crippen molar-refractivity contribution in [2.75, 3.05) is 31.5 Å². The average Bonchev–Trinajstić information content (AvgIpc) is 3.11. The van der Waals surface area contributed by atoms with Crippen molar-refractivity contribution in [2.45, 2.75) is 19.5 Å². The van der Waals surface area contributed by atoms with Gasteiger partial charge in [0, 0.05) is 12.2 Å². The Balaban J connectivity index is 0.00000182. The number of halogens is 5. The number of nitrogens with one attached hydrogen (secondary N) is 2. The number of H-pyrrole nitrogens is 1. The van der Waals surface area contributed by atoms with E-state index in [2.05, 4.69) is 22.2 Å². The number of nitrogens with zero attached hydrogens (tertiary/aromatic N) is 2. The van der Waals surface area contributed by atoms with Crippen molar-refractivity contribution in [2.24, 2.45) is 11.1 Å². The normalized spacial score (nSPS) is 20.2. The summed E-state index contributed by atoms with van der Waals surface area (Å²) >= 11 is 0. The Kier molecular flexibility index (Phi) is 7.52. The number of nitrogens with two attached hydrogens (primary N) is 1. The Bertz CT molecular complexity index is 798. The summed E-state index contributed by atoms with van der Waals surface area (Å²) < 4.78 is 38.0. The fraction of sp³-hybridized carbons (Fsp3) is 0.500. The van der Waals surface area contributed by atoms with Crippen LogP contribution in [0.5, 0.6) is 0 Å². The highest BCUT2D eigenvalue weighted by atomic mass is 35.5. The Morgan fingerprint density at radius 1 is 1.41 bits per heavy atom. The maximum absolute atomic E-state index is 12.7. The largest absolute Gasteiger partial charge is 0.449 e. The van der Waals surface area contributed by atoms with Crippen molar-refractivity contribution < 1.29 is 18.0 Å². The molecule has 6 nitrogen and oxygen atoms in total. The third-order valence-corrected chi connectivity index (χ3v) is 4.53. The van der Waals surface area contributed by atoms with Gasteiger partial charge in [0.1, 0.15) is 0 Å². The number of anilines is 1. The number of fused-ring (bicyclic) bond motifs is 1. The second-order valence-electron chi connectivity index (χ2n) is 6.84. The zero-order chi connectivity index (χ0) is 18.2. The maximum Gasteiger partial charge on any atom is 0.449 e. The minimum Gasteiger partial charge on any atom is -0.334 e. The van der Waals surface area contributed by atoms with Crippen LogP contribution >= 0.6 is 24.8 Å².